The summed E-state index contributed by atoms with van der Waals surface area (Å²) in [4.78, 5) is 0. The van der Waals surface area contributed by atoms with Gasteiger partial charge < -0.3 is 15.4 Å². The van der Waals surface area contributed by atoms with Crippen LogP contribution in [0.15, 0.2) is 18.3 Å². The summed E-state index contributed by atoms with van der Waals surface area (Å²) >= 11 is 0. The first-order valence-corrected chi connectivity index (χ1v) is 4.23. The van der Waals surface area contributed by atoms with Crippen LogP contribution in [-0.4, -0.2) is 16.3 Å². The van der Waals surface area contributed by atoms with Crippen LogP contribution < -0.4 is 5.73 Å². The minimum atomic E-state index is 0.224. The van der Waals surface area contributed by atoms with E-state index in [2.05, 4.69) is 4.57 Å². The number of nitrogens with two attached hydrogens (primary N) is 1. The molecule has 0 saturated carbocycles. The number of nitrogens with zero attached hydrogens (tertiary/aromatic N) is 1. The molecular weight excluding hydrogens is 152 g/mol. The summed E-state index contributed by atoms with van der Waals surface area (Å²) in [6.07, 6.45) is 1.99. The van der Waals surface area contributed by atoms with Crippen LogP contribution in [0.25, 0.3) is 0 Å². The minimum Gasteiger partial charge on any atom is -0.396 e. The molecule has 3 heteroatoms. The smallest absolute Gasteiger partial charge is 0.0473 e. The van der Waals surface area contributed by atoms with Gasteiger partial charge in [0.25, 0.3) is 0 Å². The topological polar surface area (TPSA) is 51.2 Å². The normalized spacial score (nSPS) is 13.2. The molecule has 68 valence electrons. The molecule has 1 unspecified atom stereocenters. The van der Waals surface area contributed by atoms with E-state index < -0.39 is 0 Å². The summed E-state index contributed by atoms with van der Waals surface area (Å²) in [5.74, 6) is 0.294. The maximum absolute atomic E-state index is 8.85. The molecule has 3 N–H and O–H groups in total. The predicted octanol–water partition coefficient (Wildman–Crippen LogP) is 0.575. The van der Waals surface area contributed by atoms with Gasteiger partial charge in [-0.05, 0) is 18.1 Å². The summed E-state index contributed by atoms with van der Waals surface area (Å²) in [5, 5.41) is 8.85. The van der Waals surface area contributed by atoms with Crippen LogP contribution in [0.3, 0.4) is 0 Å². The highest BCUT2D eigenvalue weighted by atomic mass is 16.3. The predicted molar refractivity (Wildman–Crippen MR) is 48.6 cm³/mol. The van der Waals surface area contributed by atoms with Crippen LogP contribution >= 0.6 is 0 Å². The Labute approximate surface area is 72.8 Å². The first kappa shape index (κ1) is 9.29. The SMILES string of the molecule is CC(CO)Cn1cccc1CN. The zero-order chi connectivity index (χ0) is 8.97. The fourth-order valence-electron chi connectivity index (χ4n) is 1.21. The molecule has 0 amide bonds. The Hall–Kier alpha value is -0.800. The molecule has 0 radical (unpaired) electrons. The van der Waals surface area contributed by atoms with Crippen molar-refractivity contribution in [1.82, 2.24) is 4.57 Å². The number of hydrogen-bond acceptors (Lipinski definition) is 2. The third-order valence-electron chi connectivity index (χ3n) is 1.95. The third kappa shape index (κ3) is 2.09. The Morgan fingerprint density at radius 1 is 1.67 bits per heavy atom. The van der Waals surface area contributed by atoms with E-state index in [9.17, 15) is 0 Å². The molecule has 1 atom stereocenters. The van der Waals surface area contributed by atoms with Gasteiger partial charge in [-0.3, -0.25) is 0 Å². The van der Waals surface area contributed by atoms with Crippen LogP contribution in [0.2, 0.25) is 0 Å². The van der Waals surface area contributed by atoms with Crippen molar-refractivity contribution in [2.24, 2.45) is 11.7 Å². The summed E-state index contributed by atoms with van der Waals surface area (Å²) in [6.45, 7) is 3.64. The highest BCUT2D eigenvalue weighted by Crippen LogP contribution is 2.05. The number of aliphatic hydroxyl groups is 1. The molecule has 3 nitrogen and oxygen atoms in total. The molecule has 1 rings (SSSR count). The molecule has 1 heterocycles. The molecule has 0 aliphatic rings. The zero-order valence-electron chi connectivity index (χ0n) is 7.40. The highest BCUT2D eigenvalue weighted by molar-refractivity contribution is 5.06. The highest BCUT2D eigenvalue weighted by Gasteiger charge is 2.03. The van der Waals surface area contributed by atoms with Crippen molar-refractivity contribution in [2.45, 2.75) is 20.0 Å². The number of hydrogen-bond donors (Lipinski definition) is 2. The van der Waals surface area contributed by atoms with Gasteiger partial charge in [0.1, 0.15) is 0 Å². The third-order valence-corrected chi connectivity index (χ3v) is 1.95. The molecule has 0 spiro atoms. The van der Waals surface area contributed by atoms with Gasteiger partial charge in [0, 0.05) is 31.6 Å². The van der Waals surface area contributed by atoms with E-state index in [1.165, 1.54) is 0 Å². The molecule has 12 heavy (non-hydrogen) atoms. The number of aliphatic hydroxyl groups excluding tert-OH is 1. The Balaban J connectivity index is 2.61. The Morgan fingerprint density at radius 3 is 3.00 bits per heavy atom. The maximum atomic E-state index is 8.85. The minimum absolute atomic E-state index is 0.224. The molecule has 0 aliphatic heterocycles. The van der Waals surface area contributed by atoms with Gasteiger partial charge in [0.2, 0.25) is 0 Å². The van der Waals surface area contributed by atoms with Crippen molar-refractivity contribution < 1.29 is 5.11 Å². The molecule has 0 fully saturated rings. The van der Waals surface area contributed by atoms with Crippen LogP contribution in [0.5, 0.6) is 0 Å². The second kappa shape index (κ2) is 4.28. The first-order valence-electron chi connectivity index (χ1n) is 4.23. The van der Waals surface area contributed by atoms with Gasteiger partial charge >= 0.3 is 0 Å². The summed E-state index contributed by atoms with van der Waals surface area (Å²) < 4.78 is 2.08. The molecule has 1 aromatic heterocycles. The lowest BCUT2D eigenvalue weighted by molar-refractivity contribution is 0.222. The van der Waals surface area contributed by atoms with Gasteiger partial charge in [-0.15, -0.1) is 0 Å². The second-order valence-corrected chi connectivity index (χ2v) is 3.14. The molecular formula is C9H16N2O. The monoisotopic (exact) mass is 168 g/mol. The van der Waals surface area contributed by atoms with Gasteiger partial charge in [-0.2, -0.15) is 0 Å². The molecule has 0 bridgehead atoms. The Bertz CT molecular complexity index is 232. The van der Waals surface area contributed by atoms with E-state index in [0.29, 0.717) is 12.5 Å². The molecule has 0 saturated heterocycles. The zero-order valence-corrected chi connectivity index (χ0v) is 7.40. The lowest BCUT2D eigenvalue weighted by Crippen LogP contribution is -2.14. The van der Waals surface area contributed by atoms with Crippen molar-refractivity contribution in [3.8, 4) is 0 Å². The number of rotatable bonds is 4. The van der Waals surface area contributed by atoms with E-state index in [-0.39, 0.29) is 6.61 Å². The maximum Gasteiger partial charge on any atom is 0.0473 e. The summed E-state index contributed by atoms with van der Waals surface area (Å²) in [5.41, 5.74) is 6.65. The van der Waals surface area contributed by atoms with Gasteiger partial charge in [0.05, 0.1) is 0 Å². The Morgan fingerprint density at radius 2 is 2.42 bits per heavy atom. The second-order valence-electron chi connectivity index (χ2n) is 3.14. The molecule has 1 aromatic rings. The van der Waals surface area contributed by atoms with Gasteiger partial charge in [-0.1, -0.05) is 6.92 Å². The van der Waals surface area contributed by atoms with E-state index in [4.69, 9.17) is 10.8 Å². The molecule has 0 aromatic carbocycles. The fourth-order valence-corrected chi connectivity index (χ4v) is 1.21. The van der Waals surface area contributed by atoms with E-state index in [1.54, 1.807) is 0 Å². The standard InChI is InChI=1S/C9H16N2O/c1-8(7-12)6-11-4-2-3-9(11)5-10/h2-4,8,12H,5-7,10H2,1H3. The molecule has 0 aliphatic carbocycles. The van der Waals surface area contributed by atoms with Crippen molar-refractivity contribution in [3.05, 3.63) is 24.0 Å². The van der Waals surface area contributed by atoms with Crippen LogP contribution in [0.4, 0.5) is 0 Å². The average Bonchev–Trinajstić information content (AvgIpc) is 2.51. The van der Waals surface area contributed by atoms with Crippen LogP contribution in [-0.2, 0) is 13.1 Å². The average molecular weight is 168 g/mol. The largest absolute Gasteiger partial charge is 0.396 e. The van der Waals surface area contributed by atoms with Crippen molar-refractivity contribution >= 4 is 0 Å². The quantitative estimate of drug-likeness (QED) is 0.690. The van der Waals surface area contributed by atoms with Gasteiger partial charge in [-0.25, -0.2) is 0 Å². The van der Waals surface area contributed by atoms with E-state index in [1.807, 2.05) is 25.3 Å². The van der Waals surface area contributed by atoms with E-state index >= 15 is 0 Å². The summed E-state index contributed by atoms with van der Waals surface area (Å²) in [6, 6.07) is 3.98. The van der Waals surface area contributed by atoms with Gasteiger partial charge in [0.15, 0.2) is 0 Å². The Kier molecular flexibility index (Phi) is 3.31. The van der Waals surface area contributed by atoms with Crippen LogP contribution in [0.1, 0.15) is 12.6 Å². The lowest BCUT2D eigenvalue weighted by Gasteiger charge is -2.11. The number of aromatic nitrogens is 1. The van der Waals surface area contributed by atoms with Crippen molar-refractivity contribution in [3.63, 3.8) is 0 Å². The van der Waals surface area contributed by atoms with Crippen molar-refractivity contribution in [2.75, 3.05) is 6.61 Å². The van der Waals surface area contributed by atoms with E-state index in [0.717, 1.165) is 12.2 Å². The van der Waals surface area contributed by atoms with Crippen LogP contribution in [0, 0.1) is 5.92 Å². The summed E-state index contributed by atoms with van der Waals surface area (Å²) in [7, 11) is 0. The lowest BCUT2D eigenvalue weighted by atomic mass is 10.2. The fraction of sp³-hybridized carbons (Fsp3) is 0.556. The first-order chi connectivity index (χ1) is 5.77. The van der Waals surface area contributed by atoms with Crippen molar-refractivity contribution in [1.29, 1.82) is 0 Å².